The largest absolute Gasteiger partial charge is 0.347 e. The lowest BCUT2D eigenvalue weighted by Gasteiger charge is -2.05. The summed E-state index contributed by atoms with van der Waals surface area (Å²) in [6.45, 7) is 0.915. The summed E-state index contributed by atoms with van der Waals surface area (Å²) < 4.78 is 0. The van der Waals surface area contributed by atoms with Crippen molar-refractivity contribution < 1.29 is 4.79 Å². The number of carbonyl (C=O) groups is 1. The zero-order valence-electron chi connectivity index (χ0n) is 11.3. The molecule has 4 N–H and O–H groups in total. The van der Waals surface area contributed by atoms with Gasteiger partial charge in [-0.1, -0.05) is 24.3 Å². The van der Waals surface area contributed by atoms with Crippen LogP contribution in [-0.4, -0.2) is 21.1 Å². The van der Waals surface area contributed by atoms with Gasteiger partial charge in [0.25, 0.3) is 5.91 Å². The molecule has 2 aromatic heterocycles. The third-order valence-corrected chi connectivity index (χ3v) is 3.26. The van der Waals surface area contributed by atoms with Gasteiger partial charge in [0, 0.05) is 25.5 Å². The standard InChI is InChI=1S/C15H15N5O/c16-7-10-2-1-3-11(6-10)8-18-15(21)14-12-9-17-5-4-13(12)19-20-14/h1-6,9H,7-8,16H2,(H,18,21)(H,19,20). The van der Waals surface area contributed by atoms with Gasteiger partial charge in [0.15, 0.2) is 5.69 Å². The minimum Gasteiger partial charge on any atom is -0.347 e. The van der Waals surface area contributed by atoms with Gasteiger partial charge in [0.05, 0.1) is 10.9 Å². The number of aromatic amines is 1. The van der Waals surface area contributed by atoms with Crippen molar-refractivity contribution in [2.45, 2.75) is 13.1 Å². The summed E-state index contributed by atoms with van der Waals surface area (Å²) in [5.74, 6) is -0.229. The number of nitrogens with two attached hydrogens (primary N) is 1. The fourth-order valence-electron chi connectivity index (χ4n) is 2.16. The maximum atomic E-state index is 12.2. The Bertz CT molecular complexity index is 780. The molecule has 106 valence electrons. The number of H-pyrrole nitrogens is 1. The molecule has 21 heavy (non-hydrogen) atoms. The van der Waals surface area contributed by atoms with Crippen LogP contribution in [-0.2, 0) is 13.1 Å². The van der Waals surface area contributed by atoms with Crippen molar-refractivity contribution >= 4 is 16.8 Å². The van der Waals surface area contributed by atoms with Crippen LogP contribution in [0, 0.1) is 0 Å². The van der Waals surface area contributed by atoms with Crippen molar-refractivity contribution in [3.8, 4) is 0 Å². The molecule has 0 saturated carbocycles. The van der Waals surface area contributed by atoms with Gasteiger partial charge < -0.3 is 11.1 Å². The summed E-state index contributed by atoms with van der Waals surface area (Å²) in [7, 11) is 0. The maximum Gasteiger partial charge on any atom is 0.272 e. The highest BCUT2D eigenvalue weighted by molar-refractivity contribution is 6.04. The molecular weight excluding hydrogens is 266 g/mol. The number of pyridine rings is 1. The molecule has 6 heteroatoms. The monoisotopic (exact) mass is 281 g/mol. The Balaban J connectivity index is 1.74. The smallest absolute Gasteiger partial charge is 0.272 e. The SMILES string of the molecule is NCc1cccc(CNC(=O)c2n[nH]c3ccncc23)c1. The highest BCUT2D eigenvalue weighted by atomic mass is 16.1. The lowest BCUT2D eigenvalue weighted by molar-refractivity contribution is 0.0947. The summed E-state index contributed by atoms with van der Waals surface area (Å²) in [5, 5.41) is 10.4. The highest BCUT2D eigenvalue weighted by Crippen LogP contribution is 2.13. The van der Waals surface area contributed by atoms with Crippen LogP contribution in [0.3, 0.4) is 0 Å². The van der Waals surface area contributed by atoms with Gasteiger partial charge in [0.1, 0.15) is 0 Å². The number of hydrogen-bond acceptors (Lipinski definition) is 4. The van der Waals surface area contributed by atoms with E-state index in [4.69, 9.17) is 5.73 Å². The molecule has 0 saturated heterocycles. The molecule has 6 nitrogen and oxygen atoms in total. The number of benzene rings is 1. The van der Waals surface area contributed by atoms with E-state index in [0.717, 1.165) is 16.6 Å². The van der Waals surface area contributed by atoms with Crippen LogP contribution in [0.2, 0.25) is 0 Å². The highest BCUT2D eigenvalue weighted by Gasteiger charge is 2.13. The molecule has 0 radical (unpaired) electrons. The third kappa shape index (κ3) is 2.75. The number of nitrogens with one attached hydrogen (secondary N) is 2. The van der Waals surface area contributed by atoms with Crippen molar-refractivity contribution in [1.29, 1.82) is 0 Å². The molecule has 0 unspecified atom stereocenters. The predicted octanol–water partition coefficient (Wildman–Crippen LogP) is 1.35. The van der Waals surface area contributed by atoms with Crippen molar-refractivity contribution in [2.24, 2.45) is 5.73 Å². The number of carbonyl (C=O) groups excluding carboxylic acids is 1. The second-order valence-electron chi connectivity index (χ2n) is 4.70. The third-order valence-electron chi connectivity index (χ3n) is 3.26. The van der Waals surface area contributed by atoms with Gasteiger partial charge in [-0.15, -0.1) is 0 Å². The number of nitrogens with zero attached hydrogens (tertiary/aromatic N) is 2. The van der Waals surface area contributed by atoms with E-state index >= 15 is 0 Å². The summed E-state index contributed by atoms with van der Waals surface area (Å²) >= 11 is 0. The van der Waals surface area contributed by atoms with Crippen molar-refractivity contribution in [1.82, 2.24) is 20.5 Å². The first kappa shape index (κ1) is 13.3. The van der Waals surface area contributed by atoms with Crippen molar-refractivity contribution in [3.63, 3.8) is 0 Å². The van der Waals surface area contributed by atoms with Crippen LogP contribution in [0.25, 0.3) is 10.9 Å². The fourth-order valence-corrected chi connectivity index (χ4v) is 2.16. The van der Waals surface area contributed by atoms with E-state index in [-0.39, 0.29) is 5.91 Å². The maximum absolute atomic E-state index is 12.2. The van der Waals surface area contributed by atoms with Gasteiger partial charge in [-0.3, -0.25) is 14.9 Å². The quantitative estimate of drug-likeness (QED) is 0.672. The summed E-state index contributed by atoms with van der Waals surface area (Å²) in [6, 6.07) is 9.59. The van der Waals surface area contributed by atoms with Crippen molar-refractivity contribution in [3.05, 3.63) is 59.5 Å². The summed E-state index contributed by atoms with van der Waals surface area (Å²) in [4.78, 5) is 16.2. The second kappa shape index (κ2) is 5.72. The first-order chi connectivity index (χ1) is 10.3. The Morgan fingerprint density at radius 2 is 2.14 bits per heavy atom. The van der Waals surface area contributed by atoms with Gasteiger partial charge in [-0.25, -0.2) is 0 Å². The number of hydrogen-bond donors (Lipinski definition) is 3. The molecule has 0 bridgehead atoms. The molecule has 0 spiro atoms. The van der Waals surface area contributed by atoms with E-state index in [9.17, 15) is 4.79 Å². The molecule has 3 aromatic rings. The lowest BCUT2D eigenvalue weighted by Crippen LogP contribution is -2.23. The lowest BCUT2D eigenvalue weighted by atomic mass is 10.1. The summed E-state index contributed by atoms with van der Waals surface area (Å²) in [5.41, 5.74) is 8.79. The molecule has 1 amide bonds. The van der Waals surface area contributed by atoms with Crippen LogP contribution in [0.5, 0.6) is 0 Å². The number of aromatic nitrogens is 3. The van der Waals surface area contributed by atoms with E-state index in [1.807, 2.05) is 24.3 Å². The van der Waals surface area contributed by atoms with E-state index in [2.05, 4.69) is 20.5 Å². The Hall–Kier alpha value is -2.73. The average molecular weight is 281 g/mol. The zero-order valence-corrected chi connectivity index (χ0v) is 11.3. The topological polar surface area (TPSA) is 96.7 Å². The predicted molar refractivity (Wildman–Crippen MR) is 79.4 cm³/mol. The molecule has 0 aliphatic heterocycles. The summed E-state index contributed by atoms with van der Waals surface area (Å²) in [6.07, 6.45) is 3.28. The number of rotatable bonds is 4. The first-order valence-corrected chi connectivity index (χ1v) is 6.62. The van der Waals surface area contributed by atoms with E-state index in [1.165, 1.54) is 0 Å². The number of fused-ring (bicyclic) bond motifs is 1. The molecule has 1 aromatic carbocycles. The van der Waals surface area contributed by atoms with Crippen LogP contribution >= 0.6 is 0 Å². The molecule has 0 fully saturated rings. The average Bonchev–Trinajstić information content (AvgIpc) is 2.97. The van der Waals surface area contributed by atoms with Crippen molar-refractivity contribution in [2.75, 3.05) is 0 Å². The molecule has 0 aliphatic carbocycles. The Labute approximate surface area is 121 Å². The minimum absolute atomic E-state index is 0.229. The zero-order chi connectivity index (χ0) is 14.7. The van der Waals surface area contributed by atoms with E-state index in [1.54, 1.807) is 18.5 Å². The van der Waals surface area contributed by atoms with Crippen LogP contribution < -0.4 is 11.1 Å². The molecular formula is C15H15N5O. The molecule has 0 atom stereocenters. The van der Waals surface area contributed by atoms with Gasteiger partial charge in [0.2, 0.25) is 0 Å². The Morgan fingerprint density at radius 1 is 1.29 bits per heavy atom. The van der Waals surface area contributed by atoms with Gasteiger partial charge in [-0.05, 0) is 17.2 Å². The second-order valence-corrected chi connectivity index (χ2v) is 4.70. The molecule has 3 rings (SSSR count). The normalized spacial score (nSPS) is 10.7. The van der Waals surface area contributed by atoms with Crippen LogP contribution in [0.1, 0.15) is 21.6 Å². The van der Waals surface area contributed by atoms with Crippen LogP contribution in [0.15, 0.2) is 42.7 Å². The fraction of sp³-hybridized carbons (Fsp3) is 0.133. The van der Waals surface area contributed by atoms with Crippen LogP contribution in [0.4, 0.5) is 0 Å². The van der Waals surface area contributed by atoms with Gasteiger partial charge >= 0.3 is 0 Å². The molecule has 2 heterocycles. The number of amides is 1. The van der Waals surface area contributed by atoms with Gasteiger partial charge in [-0.2, -0.15) is 5.10 Å². The minimum atomic E-state index is -0.229. The van der Waals surface area contributed by atoms with E-state index in [0.29, 0.717) is 24.2 Å². The Kier molecular flexibility index (Phi) is 3.61. The molecule has 0 aliphatic rings. The Morgan fingerprint density at radius 3 is 3.00 bits per heavy atom. The first-order valence-electron chi connectivity index (χ1n) is 6.62. The van der Waals surface area contributed by atoms with E-state index < -0.39 is 0 Å².